The molecule has 0 aliphatic heterocycles. The lowest BCUT2D eigenvalue weighted by Gasteiger charge is -2.18. The molecule has 0 bridgehead atoms. The highest BCUT2D eigenvalue weighted by Gasteiger charge is 2.13. The van der Waals surface area contributed by atoms with Gasteiger partial charge in [-0.1, -0.05) is 44.2 Å². The van der Waals surface area contributed by atoms with E-state index in [1.165, 1.54) is 0 Å². The fourth-order valence-corrected chi connectivity index (χ4v) is 1.81. The van der Waals surface area contributed by atoms with Crippen LogP contribution in [0.2, 0.25) is 0 Å². The molecule has 0 saturated carbocycles. The van der Waals surface area contributed by atoms with E-state index in [9.17, 15) is 4.79 Å². The molecule has 106 valence electrons. The maximum Gasteiger partial charge on any atom is 0.505 e. The highest BCUT2D eigenvalue weighted by atomic mass is 16.7. The third-order valence-electron chi connectivity index (χ3n) is 2.73. The van der Waals surface area contributed by atoms with E-state index in [2.05, 4.69) is 18.6 Å². The first-order valence-electron chi connectivity index (χ1n) is 6.58. The van der Waals surface area contributed by atoms with Crippen LogP contribution in [0.15, 0.2) is 30.3 Å². The molecule has 0 spiro atoms. The van der Waals surface area contributed by atoms with E-state index in [0.29, 0.717) is 25.6 Å². The molecule has 0 aromatic heterocycles. The average Bonchev–Trinajstić information content (AvgIpc) is 2.37. The number of rotatable bonds is 8. The zero-order valence-corrected chi connectivity index (χ0v) is 11.5. The molecule has 4 heteroatoms. The molecule has 1 aromatic rings. The van der Waals surface area contributed by atoms with Gasteiger partial charge in [0.15, 0.2) is 0 Å². The van der Waals surface area contributed by atoms with Crippen LogP contribution in [0.25, 0.3) is 0 Å². The summed E-state index contributed by atoms with van der Waals surface area (Å²) in [6.07, 6.45) is -0.594. The van der Waals surface area contributed by atoms with Crippen LogP contribution in [-0.2, 0) is 9.47 Å². The fraction of sp³-hybridized carbons (Fsp3) is 0.533. The topological polar surface area (TPSA) is 55.8 Å². The van der Waals surface area contributed by atoms with Gasteiger partial charge in [-0.15, -0.1) is 0 Å². The smallest absolute Gasteiger partial charge is 0.450 e. The van der Waals surface area contributed by atoms with Crippen molar-refractivity contribution in [1.29, 1.82) is 0 Å². The number of hydrogen-bond donors (Lipinski definition) is 1. The van der Waals surface area contributed by atoms with Crippen molar-refractivity contribution in [3.63, 3.8) is 0 Å². The minimum absolute atomic E-state index is 0.166. The molecule has 0 saturated heterocycles. The van der Waals surface area contributed by atoms with Crippen molar-refractivity contribution in [3.05, 3.63) is 35.9 Å². The van der Waals surface area contributed by atoms with Gasteiger partial charge in [0.1, 0.15) is 0 Å². The van der Waals surface area contributed by atoms with Gasteiger partial charge in [-0.2, -0.15) is 0 Å². The van der Waals surface area contributed by atoms with Crippen LogP contribution in [0.5, 0.6) is 0 Å². The molecular weight excluding hydrogens is 244 g/mol. The minimum atomic E-state index is -1.23. The molecule has 1 N–H and O–H groups in total. The highest BCUT2D eigenvalue weighted by molar-refractivity contribution is 5.56. The molecule has 1 atom stereocenters. The Hall–Kier alpha value is -1.55. The molecule has 1 unspecified atom stereocenters. The Morgan fingerprint density at radius 3 is 2.47 bits per heavy atom. The van der Waals surface area contributed by atoms with Crippen LogP contribution in [0.4, 0.5) is 4.79 Å². The Labute approximate surface area is 114 Å². The van der Waals surface area contributed by atoms with E-state index in [4.69, 9.17) is 9.84 Å². The first-order chi connectivity index (χ1) is 9.09. The first kappa shape index (κ1) is 15.5. The van der Waals surface area contributed by atoms with E-state index < -0.39 is 6.16 Å². The molecule has 1 rings (SSSR count). The summed E-state index contributed by atoms with van der Waals surface area (Å²) in [7, 11) is 0. The molecule has 19 heavy (non-hydrogen) atoms. The van der Waals surface area contributed by atoms with Crippen molar-refractivity contribution < 1.29 is 19.4 Å². The monoisotopic (exact) mass is 266 g/mol. The Morgan fingerprint density at radius 2 is 1.89 bits per heavy atom. The Bertz CT molecular complexity index is 362. The van der Waals surface area contributed by atoms with Gasteiger partial charge in [0.2, 0.25) is 0 Å². The summed E-state index contributed by atoms with van der Waals surface area (Å²) < 4.78 is 10.2. The Balaban J connectivity index is 2.50. The van der Waals surface area contributed by atoms with Crippen LogP contribution in [0.1, 0.15) is 31.7 Å². The van der Waals surface area contributed by atoms with Gasteiger partial charge in [0.05, 0.1) is 13.2 Å². The summed E-state index contributed by atoms with van der Waals surface area (Å²) in [5, 5.41) is 8.49. The highest BCUT2D eigenvalue weighted by Crippen LogP contribution is 2.20. The number of carboxylic acid groups (broad SMARTS) is 1. The number of hydrogen-bond acceptors (Lipinski definition) is 3. The predicted molar refractivity (Wildman–Crippen MR) is 73.4 cm³/mol. The Morgan fingerprint density at radius 1 is 1.21 bits per heavy atom. The van der Waals surface area contributed by atoms with Crippen molar-refractivity contribution in [2.24, 2.45) is 5.92 Å². The lowest BCUT2D eigenvalue weighted by atomic mass is 9.97. The quantitative estimate of drug-likeness (QED) is 0.731. The summed E-state index contributed by atoms with van der Waals surface area (Å²) in [5.74, 6) is 0.658. The van der Waals surface area contributed by atoms with Crippen molar-refractivity contribution in [2.45, 2.75) is 26.2 Å². The molecule has 4 nitrogen and oxygen atoms in total. The standard InChI is InChI=1S/C15H22O4/c1-12(2)10-18-11-14(8-9-19-15(16)17)13-6-4-3-5-7-13/h3-7,12,14H,8-11H2,1-2H3,(H,16,17). The second-order valence-corrected chi connectivity index (χ2v) is 4.94. The van der Waals surface area contributed by atoms with Gasteiger partial charge in [0, 0.05) is 12.5 Å². The summed E-state index contributed by atoms with van der Waals surface area (Å²) >= 11 is 0. The van der Waals surface area contributed by atoms with E-state index in [-0.39, 0.29) is 12.5 Å². The van der Waals surface area contributed by atoms with Crippen LogP contribution in [0.3, 0.4) is 0 Å². The molecule has 0 radical (unpaired) electrons. The van der Waals surface area contributed by atoms with Gasteiger partial charge >= 0.3 is 6.16 Å². The number of ether oxygens (including phenoxy) is 2. The zero-order valence-electron chi connectivity index (χ0n) is 11.5. The third kappa shape index (κ3) is 6.82. The molecule has 0 aliphatic carbocycles. The molecule has 0 aliphatic rings. The van der Waals surface area contributed by atoms with Gasteiger partial charge in [-0.3, -0.25) is 0 Å². The largest absolute Gasteiger partial charge is 0.505 e. The van der Waals surface area contributed by atoms with Gasteiger partial charge in [-0.25, -0.2) is 4.79 Å². The predicted octanol–water partition coefficient (Wildman–Crippen LogP) is 3.53. The molecule has 0 heterocycles. The van der Waals surface area contributed by atoms with Crippen LogP contribution in [-0.4, -0.2) is 31.1 Å². The SMILES string of the molecule is CC(C)COCC(CCOC(=O)O)c1ccccc1. The Kier molecular flexibility index (Phi) is 6.97. The third-order valence-corrected chi connectivity index (χ3v) is 2.73. The van der Waals surface area contributed by atoms with Crippen molar-refractivity contribution in [3.8, 4) is 0 Å². The van der Waals surface area contributed by atoms with Crippen LogP contribution >= 0.6 is 0 Å². The normalized spacial score (nSPS) is 12.4. The molecular formula is C15H22O4. The van der Waals surface area contributed by atoms with E-state index >= 15 is 0 Å². The van der Waals surface area contributed by atoms with Crippen molar-refractivity contribution in [2.75, 3.05) is 19.8 Å². The summed E-state index contributed by atoms with van der Waals surface area (Å²) in [5.41, 5.74) is 1.15. The first-order valence-corrected chi connectivity index (χ1v) is 6.58. The molecule has 1 aromatic carbocycles. The lowest BCUT2D eigenvalue weighted by Crippen LogP contribution is -2.14. The maximum atomic E-state index is 10.4. The number of carbonyl (C=O) groups is 1. The van der Waals surface area contributed by atoms with Gasteiger partial charge < -0.3 is 14.6 Å². The van der Waals surface area contributed by atoms with Crippen molar-refractivity contribution in [1.82, 2.24) is 0 Å². The van der Waals surface area contributed by atoms with E-state index in [1.54, 1.807) is 0 Å². The lowest BCUT2D eigenvalue weighted by molar-refractivity contribution is 0.0716. The molecule has 0 fully saturated rings. The van der Waals surface area contributed by atoms with Crippen LogP contribution in [0, 0.1) is 5.92 Å². The summed E-state index contributed by atoms with van der Waals surface area (Å²) in [6, 6.07) is 9.98. The minimum Gasteiger partial charge on any atom is -0.450 e. The number of benzene rings is 1. The van der Waals surface area contributed by atoms with Gasteiger partial charge in [0.25, 0.3) is 0 Å². The maximum absolute atomic E-state index is 10.4. The van der Waals surface area contributed by atoms with Gasteiger partial charge in [-0.05, 0) is 17.9 Å². The fourth-order valence-electron chi connectivity index (χ4n) is 1.81. The molecule has 0 amide bonds. The average molecular weight is 266 g/mol. The van der Waals surface area contributed by atoms with Crippen LogP contribution < -0.4 is 0 Å². The second kappa shape index (κ2) is 8.53. The second-order valence-electron chi connectivity index (χ2n) is 4.94. The van der Waals surface area contributed by atoms with E-state index in [0.717, 1.165) is 5.56 Å². The summed E-state index contributed by atoms with van der Waals surface area (Å²) in [6.45, 7) is 5.70. The van der Waals surface area contributed by atoms with E-state index in [1.807, 2.05) is 30.3 Å². The summed E-state index contributed by atoms with van der Waals surface area (Å²) in [4.78, 5) is 10.4. The zero-order chi connectivity index (χ0) is 14.1. The van der Waals surface area contributed by atoms with Crippen molar-refractivity contribution >= 4 is 6.16 Å².